The van der Waals surface area contributed by atoms with Gasteiger partial charge in [0, 0.05) is 23.7 Å². The van der Waals surface area contributed by atoms with E-state index in [0.717, 1.165) is 22.0 Å². The van der Waals surface area contributed by atoms with Crippen LogP contribution < -0.4 is 0 Å². The number of benzene rings is 1. The van der Waals surface area contributed by atoms with Gasteiger partial charge in [-0.1, -0.05) is 62.9 Å². The molecule has 1 atom stereocenters. The lowest BCUT2D eigenvalue weighted by Crippen LogP contribution is -2.12. The first-order valence-corrected chi connectivity index (χ1v) is 10.8. The van der Waals surface area contributed by atoms with E-state index in [1.807, 2.05) is 30.6 Å². The van der Waals surface area contributed by atoms with E-state index in [0.29, 0.717) is 5.56 Å². The Morgan fingerprint density at radius 3 is 2.36 bits per heavy atom. The number of unbranched alkanes of at least 4 members (excludes halogenated alkanes) is 5. The second-order valence-corrected chi connectivity index (χ2v) is 7.69. The number of carbonyl (C=O) groups excluding carboxylic acids is 1. The van der Waals surface area contributed by atoms with E-state index in [1.54, 1.807) is 23.9 Å². The zero-order valence-electron chi connectivity index (χ0n) is 16.6. The Balaban J connectivity index is 1.82. The molecule has 1 aromatic heterocycles. The van der Waals surface area contributed by atoms with E-state index < -0.39 is 12.1 Å². The first kappa shape index (κ1) is 21.9. The number of esters is 1. The molecule has 0 amide bonds. The zero-order valence-corrected chi connectivity index (χ0v) is 17.4. The number of thioether (sulfide) groups is 1. The lowest BCUT2D eigenvalue weighted by molar-refractivity contribution is 0.0435. The van der Waals surface area contributed by atoms with Crippen molar-refractivity contribution in [1.82, 2.24) is 9.97 Å². The highest BCUT2D eigenvalue weighted by Crippen LogP contribution is 2.21. The molecule has 1 aromatic carbocycles. The van der Waals surface area contributed by atoms with Crippen molar-refractivity contribution in [3.8, 4) is 17.2 Å². The molecule has 148 valence electrons. The summed E-state index contributed by atoms with van der Waals surface area (Å²) in [6.45, 7) is 3.77. The number of aromatic nitrogens is 2. The van der Waals surface area contributed by atoms with Gasteiger partial charge < -0.3 is 4.74 Å². The molecule has 5 nitrogen and oxygen atoms in total. The lowest BCUT2D eigenvalue weighted by atomic mass is 10.1. The van der Waals surface area contributed by atoms with Crippen LogP contribution in [0, 0.1) is 11.3 Å². The molecule has 0 aliphatic carbocycles. The number of nitrogens with zero attached hydrogens (tertiary/aromatic N) is 3. The first-order valence-electron chi connectivity index (χ1n) is 9.80. The summed E-state index contributed by atoms with van der Waals surface area (Å²) in [5.74, 6) is 0.543. The van der Waals surface area contributed by atoms with Crippen molar-refractivity contribution in [1.29, 1.82) is 5.26 Å². The van der Waals surface area contributed by atoms with Crippen LogP contribution in [0.15, 0.2) is 41.8 Å². The summed E-state index contributed by atoms with van der Waals surface area (Å²) in [5, 5.41) is 9.51. The maximum Gasteiger partial charge on any atom is 0.339 e. The van der Waals surface area contributed by atoms with Gasteiger partial charge >= 0.3 is 5.97 Å². The molecule has 2 aromatic rings. The maximum absolute atomic E-state index is 11.9. The molecule has 2 rings (SSSR count). The van der Waals surface area contributed by atoms with Gasteiger partial charge in [0.05, 0.1) is 5.56 Å². The monoisotopic (exact) mass is 397 g/mol. The van der Waals surface area contributed by atoms with Gasteiger partial charge in [-0.2, -0.15) is 5.26 Å². The van der Waals surface area contributed by atoms with Crippen LogP contribution in [0.25, 0.3) is 11.1 Å². The third kappa shape index (κ3) is 7.32. The smallest absolute Gasteiger partial charge is 0.339 e. The Morgan fingerprint density at radius 1 is 1.07 bits per heavy atom. The van der Waals surface area contributed by atoms with Crippen molar-refractivity contribution in [3.05, 3.63) is 42.2 Å². The summed E-state index contributed by atoms with van der Waals surface area (Å²) in [5.41, 5.74) is 2.24. The Morgan fingerprint density at radius 2 is 1.71 bits per heavy atom. The number of nitriles is 1. The molecule has 0 bridgehead atoms. The van der Waals surface area contributed by atoms with Crippen LogP contribution in [-0.4, -0.2) is 27.8 Å². The average Bonchev–Trinajstić information content (AvgIpc) is 2.73. The largest absolute Gasteiger partial charge is 0.444 e. The normalized spacial score (nSPS) is 11.6. The molecule has 0 unspecified atom stereocenters. The van der Waals surface area contributed by atoms with Crippen LogP contribution in [0.4, 0.5) is 0 Å². The zero-order chi connectivity index (χ0) is 20.2. The van der Waals surface area contributed by atoms with Gasteiger partial charge in [-0.05, 0) is 31.0 Å². The minimum atomic E-state index is -0.762. The van der Waals surface area contributed by atoms with Crippen LogP contribution in [0.1, 0.15) is 62.7 Å². The molecule has 0 N–H and O–H groups in total. The van der Waals surface area contributed by atoms with Crippen molar-refractivity contribution < 1.29 is 9.53 Å². The molecule has 0 radical (unpaired) electrons. The summed E-state index contributed by atoms with van der Waals surface area (Å²) in [6.07, 6.45) is 10.6. The number of hydrogen-bond acceptors (Lipinski definition) is 6. The standard InChI is InChI=1S/C22H27N3O2S/c1-3-4-5-6-7-8-13-28-22-24-15-20(16-25-22)18-9-11-19(12-10-18)21(26)27-17(2)14-23/h9-12,15-17H,3-8,13H2,1-2H3/t17-/m1/s1. The molecule has 0 aliphatic heterocycles. The summed E-state index contributed by atoms with van der Waals surface area (Å²) in [4.78, 5) is 20.8. The highest BCUT2D eigenvalue weighted by atomic mass is 32.2. The van der Waals surface area contributed by atoms with Gasteiger partial charge in [-0.15, -0.1) is 0 Å². The predicted molar refractivity (Wildman–Crippen MR) is 112 cm³/mol. The van der Waals surface area contributed by atoms with Gasteiger partial charge in [-0.3, -0.25) is 0 Å². The fourth-order valence-corrected chi connectivity index (χ4v) is 3.42. The van der Waals surface area contributed by atoms with E-state index in [2.05, 4.69) is 16.9 Å². The van der Waals surface area contributed by atoms with Crippen LogP contribution >= 0.6 is 11.8 Å². The number of hydrogen-bond donors (Lipinski definition) is 0. The van der Waals surface area contributed by atoms with E-state index in [-0.39, 0.29) is 0 Å². The Bertz CT molecular complexity index is 770. The van der Waals surface area contributed by atoms with Crippen LogP contribution in [0.3, 0.4) is 0 Å². The predicted octanol–water partition coefficient (Wildman–Crippen LogP) is 5.67. The molecule has 0 saturated heterocycles. The van der Waals surface area contributed by atoms with Gasteiger partial charge in [0.1, 0.15) is 6.07 Å². The fraction of sp³-hybridized carbons (Fsp3) is 0.455. The van der Waals surface area contributed by atoms with Crippen molar-refractivity contribution in [2.75, 3.05) is 5.75 Å². The van der Waals surface area contributed by atoms with Crippen molar-refractivity contribution >= 4 is 17.7 Å². The maximum atomic E-state index is 11.9. The minimum Gasteiger partial charge on any atom is -0.444 e. The third-order valence-electron chi connectivity index (χ3n) is 4.28. The second kappa shape index (κ2) is 12.1. The SMILES string of the molecule is CCCCCCCCSc1ncc(-c2ccc(C(=O)O[C@H](C)C#N)cc2)cn1. The molecule has 1 heterocycles. The summed E-state index contributed by atoms with van der Waals surface area (Å²) < 4.78 is 4.99. The van der Waals surface area contributed by atoms with Gasteiger partial charge in [0.2, 0.25) is 0 Å². The summed E-state index contributed by atoms with van der Waals surface area (Å²) in [6, 6.07) is 8.90. The molecule has 0 aliphatic rings. The quantitative estimate of drug-likeness (QED) is 0.211. The number of ether oxygens (including phenoxy) is 1. The number of rotatable bonds is 11. The van der Waals surface area contributed by atoms with Crippen molar-refractivity contribution in [2.24, 2.45) is 0 Å². The fourth-order valence-electron chi connectivity index (χ4n) is 2.64. The Kier molecular flexibility index (Phi) is 9.50. The molecule has 0 fully saturated rings. The van der Waals surface area contributed by atoms with Gasteiger partial charge in [0.25, 0.3) is 0 Å². The van der Waals surface area contributed by atoms with Crippen LogP contribution in [-0.2, 0) is 4.74 Å². The van der Waals surface area contributed by atoms with E-state index in [4.69, 9.17) is 10.00 Å². The molecule has 6 heteroatoms. The summed E-state index contributed by atoms with van der Waals surface area (Å²) >= 11 is 1.69. The average molecular weight is 398 g/mol. The molecular weight excluding hydrogens is 370 g/mol. The molecule has 0 spiro atoms. The Hall–Kier alpha value is -2.39. The van der Waals surface area contributed by atoms with E-state index in [1.165, 1.54) is 45.4 Å². The number of carbonyl (C=O) groups is 1. The molecule has 0 saturated carbocycles. The minimum absolute atomic E-state index is 0.415. The topological polar surface area (TPSA) is 75.9 Å². The van der Waals surface area contributed by atoms with Crippen molar-refractivity contribution in [2.45, 2.75) is 63.6 Å². The summed E-state index contributed by atoms with van der Waals surface area (Å²) in [7, 11) is 0. The lowest BCUT2D eigenvalue weighted by Gasteiger charge is -2.07. The highest BCUT2D eigenvalue weighted by Gasteiger charge is 2.11. The van der Waals surface area contributed by atoms with Crippen LogP contribution in [0.2, 0.25) is 0 Å². The molecule has 28 heavy (non-hydrogen) atoms. The second-order valence-electron chi connectivity index (χ2n) is 6.62. The van der Waals surface area contributed by atoms with Crippen LogP contribution in [0.5, 0.6) is 0 Å². The van der Waals surface area contributed by atoms with E-state index >= 15 is 0 Å². The third-order valence-corrected chi connectivity index (χ3v) is 5.24. The van der Waals surface area contributed by atoms with E-state index in [9.17, 15) is 4.79 Å². The Labute approximate surface area is 171 Å². The van der Waals surface area contributed by atoms with Gasteiger partial charge in [0.15, 0.2) is 11.3 Å². The first-order chi connectivity index (χ1) is 13.6. The molecular formula is C22H27N3O2S. The highest BCUT2D eigenvalue weighted by molar-refractivity contribution is 7.99. The van der Waals surface area contributed by atoms with Gasteiger partial charge in [-0.25, -0.2) is 14.8 Å². The van der Waals surface area contributed by atoms with Crippen molar-refractivity contribution in [3.63, 3.8) is 0 Å².